The number of ether oxygens (including phenoxy) is 1. The molecule has 30 heavy (non-hydrogen) atoms. The zero-order valence-corrected chi connectivity index (χ0v) is 16.8. The van der Waals surface area contributed by atoms with Crippen LogP contribution in [0.15, 0.2) is 32.7 Å². The van der Waals surface area contributed by atoms with E-state index in [1.807, 2.05) is 6.07 Å². The van der Waals surface area contributed by atoms with E-state index in [1.165, 1.54) is 30.0 Å². The van der Waals surface area contributed by atoms with Crippen LogP contribution in [0.3, 0.4) is 0 Å². The van der Waals surface area contributed by atoms with E-state index >= 15 is 0 Å². The van der Waals surface area contributed by atoms with Crippen molar-refractivity contribution in [3.63, 3.8) is 0 Å². The number of H-pyrrole nitrogens is 1. The van der Waals surface area contributed by atoms with Gasteiger partial charge in [-0.2, -0.15) is 10.2 Å². The Kier molecular flexibility index (Phi) is 5.89. The maximum absolute atomic E-state index is 14.5. The third-order valence-electron chi connectivity index (χ3n) is 4.61. The molecular weight excluding hydrogens is 411 g/mol. The maximum atomic E-state index is 14.5. The van der Waals surface area contributed by atoms with Gasteiger partial charge in [-0.15, -0.1) is 0 Å². The lowest BCUT2D eigenvalue weighted by atomic mass is 10.0. The van der Waals surface area contributed by atoms with Gasteiger partial charge in [-0.05, 0) is 24.5 Å². The van der Waals surface area contributed by atoms with Crippen LogP contribution < -0.4 is 5.56 Å². The Morgan fingerprint density at radius 1 is 1.33 bits per heavy atom. The Hall–Kier alpha value is -3.07. The molecule has 0 saturated carbocycles. The average molecular weight is 428 g/mol. The van der Waals surface area contributed by atoms with Gasteiger partial charge < -0.3 is 14.2 Å². The molecule has 0 radical (unpaired) electrons. The van der Waals surface area contributed by atoms with Crippen LogP contribution in [0.4, 0.5) is 4.39 Å². The lowest BCUT2D eigenvalue weighted by Gasteiger charge is -2.24. The van der Waals surface area contributed by atoms with Crippen LogP contribution in [0.1, 0.15) is 11.5 Å². The number of morpholine rings is 1. The predicted molar refractivity (Wildman–Crippen MR) is 106 cm³/mol. The highest BCUT2D eigenvalue weighted by Crippen LogP contribution is 2.28. The number of aromatic nitrogens is 4. The standard InChI is InChI=1S/C19H17FN6O3S/c1-30-19-23-16(13(9-21)18(27)24-19)11-2-3-14(20)12(8-11)17-22-15(29-25-17)10-26-4-6-28-7-5-26/h2-3,8H,4-7,10H2,1H3,(H,23,24,27). The molecule has 154 valence electrons. The van der Waals surface area contributed by atoms with Crippen molar-refractivity contribution >= 4 is 11.8 Å². The molecular formula is C19H17FN6O3S. The van der Waals surface area contributed by atoms with Crippen molar-refractivity contribution < 1.29 is 13.7 Å². The molecule has 1 N–H and O–H groups in total. The van der Waals surface area contributed by atoms with Crippen molar-refractivity contribution in [2.45, 2.75) is 11.7 Å². The normalized spacial score (nSPS) is 14.6. The Bertz CT molecular complexity index is 1170. The van der Waals surface area contributed by atoms with Crippen LogP contribution in [0.5, 0.6) is 0 Å². The van der Waals surface area contributed by atoms with Crippen LogP contribution in [0, 0.1) is 17.1 Å². The molecule has 1 aliphatic heterocycles. The fourth-order valence-electron chi connectivity index (χ4n) is 3.08. The first-order valence-corrected chi connectivity index (χ1v) is 10.3. The second kappa shape index (κ2) is 8.74. The van der Waals surface area contributed by atoms with E-state index in [9.17, 15) is 14.4 Å². The number of nitrogens with one attached hydrogen (secondary N) is 1. The van der Waals surface area contributed by atoms with Crippen molar-refractivity contribution in [1.29, 1.82) is 5.26 Å². The molecule has 1 aromatic carbocycles. The highest BCUT2D eigenvalue weighted by atomic mass is 32.2. The molecule has 0 bridgehead atoms. The number of benzene rings is 1. The van der Waals surface area contributed by atoms with Gasteiger partial charge in [-0.1, -0.05) is 16.9 Å². The predicted octanol–water partition coefficient (Wildman–Crippen LogP) is 2.05. The second-order valence-electron chi connectivity index (χ2n) is 6.51. The number of rotatable bonds is 5. The van der Waals surface area contributed by atoms with Gasteiger partial charge in [-0.25, -0.2) is 9.37 Å². The Labute approximate surface area is 174 Å². The number of thioether (sulfide) groups is 1. The number of aromatic amines is 1. The number of nitrogens with zero attached hydrogens (tertiary/aromatic N) is 5. The highest BCUT2D eigenvalue weighted by Gasteiger charge is 2.20. The van der Waals surface area contributed by atoms with Crippen molar-refractivity contribution in [2.24, 2.45) is 0 Å². The minimum Gasteiger partial charge on any atom is -0.379 e. The fraction of sp³-hybridized carbons (Fsp3) is 0.316. The Morgan fingerprint density at radius 2 is 2.13 bits per heavy atom. The molecule has 0 atom stereocenters. The molecule has 0 amide bonds. The summed E-state index contributed by atoms with van der Waals surface area (Å²) in [5.41, 5.74) is -0.0227. The van der Waals surface area contributed by atoms with Crippen molar-refractivity contribution in [1.82, 2.24) is 25.0 Å². The molecule has 1 saturated heterocycles. The molecule has 11 heteroatoms. The lowest BCUT2D eigenvalue weighted by Crippen LogP contribution is -2.35. The maximum Gasteiger partial charge on any atom is 0.270 e. The molecule has 0 unspecified atom stereocenters. The van der Waals surface area contributed by atoms with Crippen LogP contribution in [0.25, 0.3) is 22.6 Å². The van der Waals surface area contributed by atoms with Crippen molar-refractivity contribution in [2.75, 3.05) is 32.6 Å². The van der Waals surface area contributed by atoms with E-state index in [4.69, 9.17) is 9.26 Å². The molecule has 3 heterocycles. The minimum atomic E-state index is -0.551. The van der Waals surface area contributed by atoms with Gasteiger partial charge >= 0.3 is 0 Å². The summed E-state index contributed by atoms with van der Waals surface area (Å²) in [6.07, 6.45) is 1.75. The van der Waals surface area contributed by atoms with E-state index in [-0.39, 0.29) is 22.6 Å². The molecule has 9 nitrogen and oxygen atoms in total. The van der Waals surface area contributed by atoms with E-state index < -0.39 is 11.4 Å². The molecule has 1 aliphatic rings. The summed E-state index contributed by atoms with van der Waals surface area (Å²) in [4.78, 5) is 25.4. The van der Waals surface area contributed by atoms with E-state index in [1.54, 1.807) is 6.26 Å². The third kappa shape index (κ3) is 4.11. The average Bonchev–Trinajstić information content (AvgIpc) is 3.22. The quantitative estimate of drug-likeness (QED) is 0.481. The zero-order chi connectivity index (χ0) is 21.1. The number of halogens is 1. The number of nitriles is 1. The van der Waals surface area contributed by atoms with Gasteiger partial charge in [0.25, 0.3) is 5.56 Å². The van der Waals surface area contributed by atoms with E-state index in [0.717, 1.165) is 13.1 Å². The van der Waals surface area contributed by atoms with Gasteiger partial charge in [0, 0.05) is 18.7 Å². The van der Waals surface area contributed by atoms with Gasteiger partial charge in [-0.3, -0.25) is 9.69 Å². The minimum absolute atomic E-state index is 0.0889. The Balaban J connectivity index is 1.69. The van der Waals surface area contributed by atoms with E-state index in [0.29, 0.717) is 36.4 Å². The topological polar surface area (TPSA) is 121 Å². The summed E-state index contributed by atoms with van der Waals surface area (Å²) in [6, 6.07) is 6.01. The summed E-state index contributed by atoms with van der Waals surface area (Å²) in [7, 11) is 0. The third-order valence-corrected chi connectivity index (χ3v) is 5.19. The molecule has 4 rings (SSSR count). The zero-order valence-electron chi connectivity index (χ0n) is 16.0. The molecule has 0 spiro atoms. The van der Waals surface area contributed by atoms with Crippen molar-refractivity contribution in [3.05, 3.63) is 45.8 Å². The lowest BCUT2D eigenvalue weighted by molar-refractivity contribution is 0.0297. The number of hydrogen-bond acceptors (Lipinski definition) is 9. The summed E-state index contributed by atoms with van der Waals surface area (Å²) < 4.78 is 25.1. The first-order chi connectivity index (χ1) is 14.6. The van der Waals surface area contributed by atoms with Crippen LogP contribution in [-0.4, -0.2) is 57.6 Å². The fourth-order valence-corrected chi connectivity index (χ4v) is 3.46. The van der Waals surface area contributed by atoms with Crippen LogP contribution >= 0.6 is 11.8 Å². The molecule has 3 aromatic rings. The van der Waals surface area contributed by atoms with E-state index in [2.05, 4.69) is 25.0 Å². The summed E-state index contributed by atoms with van der Waals surface area (Å²) in [6.45, 7) is 3.23. The monoisotopic (exact) mass is 428 g/mol. The molecule has 1 fully saturated rings. The number of hydrogen-bond donors (Lipinski definition) is 1. The second-order valence-corrected chi connectivity index (χ2v) is 7.30. The van der Waals surface area contributed by atoms with Gasteiger partial charge in [0.2, 0.25) is 11.7 Å². The summed E-state index contributed by atoms with van der Waals surface area (Å²) in [5.74, 6) is -0.0923. The van der Waals surface area contributed by atoms with Gasteiger partial charge in [0.05, 0.1) is 31.0 Å². The van der Waals surface area contributed by atoms with Gasteiger partial charge in [0.15, 0.2) is 5.16 Å². The van der Waals surface area contributed by atoms with Crippen LogP contribution in [0.2, 0.25) is 0 Å². The largest absolute Gasteiger partial charge is 0.379 e. The van der Waals surface area contributed by atoms with Crippen molar-refractivity contribution in [3.8, 4) is 28.7 Å². The highest BCUT2D eigenvalue weighted by molar-refractivity contribution is 7.98. The Morgan fingerprint density at radius 3 is 2.87 bits per heavy atom. The van der Waals surface area contributed by atoms with Gasteiger partial charge in [0.1, 0.15) is 17.4 Å². The SMILES string of the molecule is CSc1nc(-c2ccc(F)c(-c3noc(CN4CCOCC4)n3)c2)c(C#N)c(=O)[nH]1. The molecule has 0 aliphatic carbocycles. The smallest absolute Gasteiger partial charge is 0.270 e. The summed E-state index contributed by atoms with van der Waals surface area (Å²) in [5, 5.41) is 13.6. The molecule has 2 aromatic heterocycles. The summed E-state index contributed by atoms with van der Waals surface area (Å²) >= 11 is 1.23. The van der Waals surface area contributed by atoms with Crippen LogP contribution in [-0.2, 0) is 11.3 Å². The first kappa shape index (κ1) is 20.2. The first-order valence-electron chi connectivity index (χ1n) is 9.10.